The Balaban J connectivity index is 1.65. The van der Waals surface area contributed by atoms with E-state index >= 15 is 0 Å². The van der Waals surface area contributed by atoms with Crippen molar-refractivity contribution >= 4 is 16.7 Å². The molecule has 2 aliphatic rings. The number of nitrogens with zero attached hydrogens (tertiary/aromatic N) is 3. The van der Waals surface area contributed by atoms with Gasteiger partial charge in [-0.2, -0.15) is 0 Å². The molecule has 4 rings (SSSR count). The van der Waals surface area contributed by atoms with Gasteiger partial charge in [-0.3, -0.25) is 0 Å². The first kappa shape index (κ1) is 12.1. The van der Waals surface area contributed by atoms with E-state index in [0.29, 0.717) is 0 Å². The lowest BCUT2D eigenvalue weighted by atomic mass is 9.72. The first-order valence-electron chi connectivity index (χ1n) is 7.69. The van der Waals surface area contributed by atoms with Crippen molar-refractivity contribution in [3.05, 3.63) is 29.6 Å². The third kappa shape index (κ3) is 1.80. The van der Waals surface area contributed by atoms with Crippen LogP contribution in [0.1, 0.15) is 30.4 Å². The molecule has 1 aliphatic heterocycles. The lowest BCUT2D eigenvalue weighted by molar-refractivity contribution is 0.173. The highest BCUT2D eigenvalue weighted by atomic mass is 15.2. The molecular weight excluding hydrogens is 246 g/mol. The van der Waals surface area contributed by atoms with E-state index in [1.165, 1.54) is 48.9 Å². The van der Waals surface area contributed by atoms with E-state index in [-0.39, 0.29) is 0 Å². The van der Waals surface area contributed by atoms with Crippen LogP contribution in [0.3, 0.4) is 0 Å². The number of aryl methyl sites for hydroxylation is 2. The molecule has 2 heterocycles. The molecule has 3 nitrogen and oxygen atoms in total. The van der Waals surface area contributed by atoms with Gasteiger partial charge in [0.15, 0.2) is 0 Å². The SMILES string of the molecule is Cc1cc2ncnc(N3CC(C4CCC4)C3)c2cc1C. The van der Waals surface area contributed by atoms with Crippen molar-refractivity contribution in [1.82, 2.24) is 9.97 Å². The first-order valence-corrected chi connectivity index (χ1v) is 7.69. The molecule has 0 bridgehead atoms. The van der Waals surface area contributed by atoms with Crippen LogP contribution in [0.5, 0.6) is 0 Å². The number of hydrogen-bond acceptors (Lipinski definition) is 3. The van der Waals surface area contributed by atoms with Gasteiger partial charge in [-0.25, -0.2) is 9.97 Å². The second-order valence-electron chi connectivity index (χ2n) is 6.51. The highest BCUT2D eigenvalue weighted by Gasteiger charge is 2.37. The van der Waals surface area contributed by atoms with Crippen LogP contribution in [0.2, 0.25) is 0 Å². The van der Waals surface area contributed by atoms with Crippen molar-refractivity contribution in [2.24, 2.45) is 11.8 Å². The number of anilines is 1. The lowest BCUT2D eigenvalue weighted by Gasteiger charge is -2.47. The molecular formula is C17H21N3. The number of aromatic nitrogens is 2. The van der Waals surface area contributed by atoms with Gasteiger partial charge in [0.05, 0.1) is 5.52 Å². The number of hydrogen-bond donors (Lipinski definition) is 0. The summed E-state index contributed by atoms with van der Waals surface area (Å²) in [5.41, 5.74) is 3.70. The summed E-state index contributed by atoms with van der Waals surface area (Å²) < 4.78 is 0. The molecule has 1 saturated carbocycles. The van der Waals surface area contributed by atoms with Gasteiger partial charge in [0, 0.05) is 18.5 Å². The summed E-state index contributed by atoms with van der Waals surface area (Å²) in [7, 11) is 0. The molecule has 0 atom stereocenters. The molecule has 2 aromatic rings. The van der Waals surface area contributed by atoms with Gasteiger partial charge in [-0.05, 0) is 48.9 Å². The Bertz CT molecular complexity index is 655. The van der Waals surface area contributed by atoms with Crippen LogP contribution in [0.15, 0.2) is 18.5 Å². The Morgan fingerprint density at radius 1 is 1.00 bits per heavy atom. The van der Waals surface area contributed by atoms with Crippen LogP contribution in [0.25, 0.3) is 10.9 Å². The summed E-state index contributed by atoms with van der Waals surface area (Å²) >= 11 is 0. The molecule has 20 heavy (non-hydrogen) atoms. The van der Waals surface area contributed by atoms with Crippen molar-refractivity contribution in [2.45, 2.75) is 33.1 Å². The van der Waals surface area contributed by atoms with E-state index in [1.807, 2.05) is 0 Å². The molecule has 0 amide bonds. The molecule has 0 radical (unpaired) electrons. The summed E-state index contributed by atoms with van der Waals surface area (Å²) in [5, 5.41) is 1.21. The van der Waals surface area contributed by atoms with E-state index < -0.39 is 0 Å². The molecule has 1 aliphatic carbocycles. The Labute approximate surface area is 120 Å². The Morgan fingerprint density at radius 3 is 2.45 bits per heavy atom. The number of fused-ring (bicyclic) bond motifs is 1. The fraction of sp³-hybridized carbons (Fsp3) is 0.529. The Morgan fingerprint density at radius 2 is 1.75 bits per heavy atom. The maximum atomic E-state index is 4.55. The minimum absolute atomic E-state index is 0.903. The van der Waals surface area contributed by atoms with Crippen molar-refractivity contribution in [1.29, 1.82) is 0 Å². The van der Waals surface area contributed by atoms with Crippen molar-refractivity contribution in [2.75, 3.05) is 18.0 Å². The van der Waals surface area contributed by atoms with Gasteiger partial charge in [0.25, 0.3) is 0 Å². The standard InChI is InChI=1S/C17H21N3/c1-11-6-15-16(7-12(11)2)18-10-19-17(15)20-8-14(9-20)13-4-3-5-13/h6-7,10,13-14H,3-5,8-9H2,1-2H3. The van der Waals surface area contributed by atoms with Crippen LogP contribution in [0.4, 0.5) is 5.82 Å². The van der Waals surface area contributed by atoms with Crippen LogP contribution in [-0.4, -0.2) is 23.1 Å². The Kier molecular flexibility index (Phi) is 2.69. The summed E-state index contributed by atoms with van der Waals surface area (Å²) in [5.74, 6) is 3.03. The maximum Gasteiger partial charge on any atom is 0.139 e. The van der Waals surface area contributed by atoms with Gasteiger partial charge in [0.2, 0.25) is 0 Å². The van der Waals surface area contributed by atoms with Crippen LogP contribution < -0.4 is 4.90 Å². The fourth-order valence-corrected chi connectivity index (χ4v) is 3.45. The first-order chi connectivity index (χ1) is 9.72. The molecule has 3 heteroatoms. The zero-order valence-electron chi connectivity index (χ0n) is 12.3. The third-order valence-corrected chi connectivity index (χ3v) is 5.26. The molecule has 1 aromatic carbocycles. The molecule has 1 saturated heterocycles. The second kappa shape index (κ2) is 4.44. The third-order valence-electron chi connectivity index (χ3n) is 5.26. The highest BCUT2D eigenvalue weighted by molar-refractivity contribution is 5.90. The average molecular weight is 267 g/mol. The summed E-state index contributed by atoms with van der Waals surface area (Å²) in [6.45, 7) is 6.68. The summed E-state index contributed by atoms with van der Waals surface area (Å²) in [6.07, 6.45) is 6.04. The van der Waals surface area contributed by atoms with Gasteiger partial charge in [-0.15, -0.1) is 0 Å². The number of rotatable bonds is 2. The quantitative estimate of drug-likeness (QED) is 0.834. The minimum Gasteiger partial charge on any atom is -0.355 e. The maximum absolute atomic E-state index is 4.55. The zero-order valence-corrected chi connectivity index (χ0v) is 12.3. The summed E-state index contributed by atoms with van der Waals surface area (Å²) in [4.78, 5) is 11.4. The van der Waals surface area contributed by atoms with Gasteiger partial charge in [0.1, 0.15) is 12.1 Å². The van der Waals surface area contributed by atoms with Crippen LogP contribution >= 0.6 is 0 Å². The van der Waals surface area contributed by atoms with E-state index in [1.54, 1.807) is 6.33 Å². The van der Waals surface area contributed by atoms with E-state index in [9.17, 15) is 0 Å². The highest BCUT2D eigenvalue weighted by Crippen LogP contribution is 2.40. The Hall–Kier alpha value is -1.64. The van der Waals surface area contributed by atoms with Crippen molar-refractivity contribution in [3.8, 4) is 0 Å². The second-order valence-corrected chi connectivity index (χ2v) is 6.51. The number of benzene rings is 1. The zero-order chi connectivity index (χ0) is 13.7. The predicted octanol–water partition coefficient (Wildman–Crippen LogP) is 3.48. The van der Waals surface area contributed by atoms with Gasteiger partial charge >= 0.3 is 0 Å². The monoisotopic (exact) mass is 267 g/mol. The lowest BCUT2D eigenvalue weighted by Crippen LogP contribution is -2.51. The van der Waals surface area contributed by atoms with Gasteiger partial charge < -0.3 is 4.90 Å². The molecule has 104 valence electrons. The van der Waals surface area contributed by atoms with E-state index in [0.717, 1.165) is 23.2 Å². The average Bonchev–Trinajstić information content (AvgIpc) is 2.32. The molecule has 0 N–H and O–H groups in total. The predicted molar refractivity (Wildman–Crippen MR) is 82.1 cm³/mol. The molecule has 1 aromatic heterocycles. The smallest absolute Gasteiger partial charge is 0.139 e. The largest absolute Gasteiger partial charge is 0.355 e. The molecule has 0 spiro atoms. The van der Waals surface area contributed by atoms with E-state index in [4.69, 9.17) is 0 Å². The molecule has 0 unspecified atom stereocenters. The molecule has 2 fully saturated rings. The summed E-state index contributed by atoms with van der Waals surface area (Å²) in [6, 6.07) is 4.43. The topological polar surface area (TPSA) is 29.0 Å². The normalized spacial score (nSPS) is 20.0. The minimum atomic E-state index is 0.903. The van der Waals surface area contributed by atoms with E-state index in [2.05, 4.69) is 40.8 Å². The van der Waals surface area contributed by atoms with Crippen molar-refractivity contribution in [3.63, 3.8) is 0 Å². The van der Waals surface area contributed by atoms with Gasteiger partial charge in [-0.1, -0.05) is 19.3 Å². The fourth-order valence-electron chi connectivity index (χ4n) is 3.45. The van der Waals surface area contributed by atoms with Crippen molar-refractivity contribution < 1.29 is 0 Å². The van der Waals surface area contributed by atoms with Crippen LogP contribution in [0, 0.1) is 25.7 Å². The van der Waals surface area contributed by atoms with Crippen LogP contribution in [-0.2, 0) is 0 Å².